The number of aryl methyl sites for hydroxylation is 2. The molecule has 102 valence electrons. The Balaban J connectivity index is 2.20. The molecule has 1 saturated heterocycles. The van der Waals surface area contributed by atoms with E-state index in [2.05, 4.69) is 4.72 Å². The van der Waals surface area contributed by atoms with Crippen LogP contribution in [0.5, 0.6) is 0 Å². The van der Waals surface area contributed by atoms with Gasteiger partial charge in [-0.1, -0.05) is 12.1 Å². The first-order valence-electron chi connectivity index (χ1n) is 6.16. The van der Waals surface area contributed by atoms with Crippen molar-refractivity contribution in [2.45, 2.75) is 31.2 Å². The molecule has 1 unspecified atom stereocenters. The van der Waals surface area contributed by atoms with Crippen LogP contribution in [0.4, 0.5) is 0 Å². The number of likely N-dealkylation sites (tertiary alicyclic amines) is 1. The van der Waals surface area contributed by atoms with Gasteiger partial charge in [-0.2, -0.15) is 5.26 Å². The van der Waals surface area contributed by atoms with E-state index in [-0.39, 0.29) is 6.04 Å². The van der Waals surface area contributed by atoms with Gasteiger partial charge in [0.2, 0.25) is 10.0 Å². The summed E-state index contributed by atoms with van der Waals surface area (Å²) in [4.78, 5) is 1.89. The third-order valence-corrected chi connectivity index (χ3v) is 4.95. The smallest absolute Gasteiger partial charge is 0.241 e. The molecule has 0 aromatic heterocycles. The molecule has 2 rings (SSSR count). The number of nitrogens with zero attached hydrogens (tertiary/aromatic N) is 2. The van der Waals surface area contributed by atoms with Crippen LogP contribution < -0.4 is 4.72 Å². The monoisotopic (exact) mass is 279 g/mol. The lowest BCUT2D eigenvalue weighted by Gasteiger charge is -2.14. The van der Waals surface area contributed by atoms with Crippen molar-refractivity contribution >= 4 is 10.0 Å². The van der Waals surface area contributed by atoms with Gasteiger partial charge in [-0.3, -0.25) is 0 Å². The number of nitrogens with one attached hydrogen (secondary N) is 1. The summed E-state index contributed by atoms with van der Waals surface area (Å²) in [5.41, 5.74) is 1.64. The molecule has 1 heterocycles. The van der Waals surface area contributed by atoms with E-state index in [4.69, 9.17) is 5.26 Å². The van der Waals surface area contributed by atoms with Crippen molar-refractivity contribution in [1.82, 2.24) is 9.62 Å². The molecule has 1 aliphatic heterocycles. The Hall–Kier alpha value is -1.58. The van der Waals surface area contributed by atoms with E-state index in [1.54, 1.807) is 24.0 Å². The molecule has 0 radical (unpaired) electrons. The standard InChI is InChI=1S/C13H17N3O2S/c1-10-3-4-11(2)13(7-10)19(17,18)15-12-5-6-16(8-12)9-14/h3-4,7,12,15H,5-6,8H2,1-2H3. The van der Waals surface area contributed by atoms with E-state index in [1.165, 1.54) is 0 Å². The van der Waals surface area contributed by atoms with Gasteiger partial charge in [0.15, 0.2) is 6.19 Å². The molecule has 1 N–H and O–H groups in total. The molecule has 1 aliphatic rings. The summed E-state index contributed by atoms with van der Waals surface area (Å²) in [6.45, 7) is 4.70. The summed E-state index contributed by atoms with van der Waals surface area (Å²) >= 11 is 0. The van der Waals surface area contributed by atoms with Crippen LogP contribution in [0.3, 0.4) is 0 Å². The number of hydrogen-bond donors (Lipinski definition) is 1. The zero-order chi connectivity index (χ0) is 14.0. The fourth-order valence-electron chi connectivity index (χ4n) is 2.23. The van der Waals surface area contributed by atoms with Crippen molar-refractivity contribution in [3.63, 3.8) is 0 Å². The van der Waals surface area contributed by atoms with Crippen LogP contribution in [0.25, 0.3) is 0 Å². The first-order chi connectivity index (χ1) is 8.92. The van der Waals surface area contributed by atoms with Crippen molar-refractivity contribution in [1.29, 1.82) is 5.26 Å². The van der Waals surface area contributed by atoms with Crippen LogP contribution in [0, 0.1) is 25.3 Å². The van der Waals surface area contributed by atoms with Crippen molar-refractivity contribution < 1.29 is 8.42 Å². The highest BCUT2D eigenvalue weighted by atomic mass is 32.2. The van der Waals surface area contributed by atoms with Gasteiger partial charge in [-0.25, -0.2) is 13.1 Å². The minimum absolute atomic E-state index is 0.190. The third kappa shape index (κ3) is 3.06. The van der Waals surface area contributed by atoms with Gasteiger partial charge in [-0.05, 0) is 37.5 Å². The SMILES string of the molecule is Cc1ccc(C)c(S(=O)(=O)NC2CCN(C#N)C2)c1. The van der Waals surface area contributed by atoms with Crippen LogP contribution in [-0.4, -0.2) is 32.4 Å². The zero-order valence-corrected chi connectivity index (χ0v) is 11.9. The maximum absolute atomic E-state index is 12.3. The van der Waals surface area contributed by atoms with Gasteiger partial charge in [-0.15, -0.1) is 0 Å². The van der Waals surface area contributed by atoms with Crippen LogP contribution in [0.15, 0.2) is 23.1 Å². The molecule has 1 fully saturated rings. The van der Waals surface area contributed by atoms with Crippen LogP contribution >= 0.6 is 0 Å². The molecule has 1 aromatic rings. The molecular weight excluding hydrogens is 262 g/mol. The predicted octanol–water partition coefficient (Wildman–Crippen LogP) is 1.14. The lowest BCUT2D eigenvalue weighted by molar-refractivity contribution is 0.470. The Morgan fingerprint density at radius 3 is 2.79 bits per heavy atom. The fourth-order valence-corrected chi connectivity index (χ4v) is 3.82. The van der Waals surface area contributed by atoms with Gasteiger partial charge < -0.3 is 4.90 Å². The van der Waals surface area contributed by atoms with Gasteiger partial charge >= 0.3 is 0 Å². The van der Waals surface area contributed by atoms with E-state index in [1.807, 2.05) is 19.2 Å². The first-order valence-corrected chi connectivity index (χ1v) is 7.65. The second kappa shape index (κ2) is 5.19. The lowest BCUT2D eigenvalue weighted by atomic mass is 10.2. The summed E-state index contributed by atoms with van der Waals surface area (Å²) in [7, 11) is -3.51. The Kier molecular flexibility index (Phi) is 3.78. The summed E-state index contributed by atoms with van der Waals surface area (Å²) in [5.74, 6) is 0. The highest BCUT2D eigenvalue weighted by molar-refractivity contribution is 7.89. The molecule has 19 heavy (non-hydrogen) atoms. The lowest BCUT2D eigenvalue weighted by Crippen LogP contribution is -2.36. The molecule has 6 heteroatoms. The minimum Gasteiger partial charge on any atom is -0.309 e. The second-order valence-corrected chi connectivity index (χ2v) is 6.60. The summed E-state index contributed by atoms with van der Waals surface area (Å²) in [5, 5.41) is 8.78. The second-order valence-electron chi connectivity index (χ2n) is 4.92. The van der Waals surface area contributed by atoms with Gasteiger partial charge in [0, 0.05) is 19.1 Å². The number of rotatable bonds is 3. The number of benzene rings is 1. The maximum atomic E-state index is 12.3. The van der Waals surface area contributed by atoms with Crippen molar-refractivity contribution in [3.05, 3.63) is 29.3 Å². The molecule has 0 amide bonds. The summed E-state index contributed by atoms with van der Waals surface area (Å²) in [6, 6.07) is 5.18. The van der Waals surface area contributed by atoms with E-state index in [9.17, 15) is 8.42 Å². The molecule has 0 aliphatic carbocycles. The van der Waals surface area contributed by atoms with Crippen molar-refractivity contribution in [2.75, 3.05) is 13.1 Å². The largest absolute Gasteiger partial charge is 0.309 e. The van der Waals surface area contributed by atoms with Crippen molar-refractivity contribution in [3.8, 4) is 6.19 Å². The first kappa shape index (κ1) is 13.8. The summed E-state index contributed by atoms with van der Waals surface area (Å²) in [6.07, 6.45) is 2.70. The number of sulfonamides is 1. The Bertz CT molecular complexity index is 619. The number of hydrogen-bond acceptors (Lipinski definition) is 4. The molecule has 0 spiro atoms. The molecule has 1 aromatic carbocycles. The average molecular weight is 279 g/mol. The molecule has 0 bridgehead atoms. The van der Waals surface area contributed by atoms with Gasteiger partial charge in [0.1, 0.15) is 0 Å². The van der Waals surface area contributed by atoms with Gasteiger partial charge in [0.05, 0.1) is 4.90 Å². The molecule has 1 atom stereocenters. The Labute approximate surface area is 113 Å². The fraction of sp³-hybridized carbons (Fsp3) is 0.462. The van der Waals surface area contributed by atoms with E-state index >= 15 is 0 Å². The van der Waals surface area contributed by atoms with E-state index in [0.29, 0.717) is 24.4 Å². The van der Waals surface area contributed by atoms with Gasteiger partial charge in [0.25, 0.3) is 0 Å². The molecular formula is C13H17N3O2S. The Morgan fingerprint density at radius 2 is 2.16 bits per heavy atom. The molecule has 5 nitrogen and oxygen atoms in total. The normalized spacial score (nSPS) is 19.4. The van der Waals surface area contributed by atoms with Crippen LogP contribution in [-0.2, 0) is 10.0 Å². The summed E-state index contributed by atoms with van der Waals surface area (Å²) < 4.78 is 27.4. The van der Waals surface area contributed by atoms with E-state index < -0.39 is 10.0 Å². The van der Waals surface area contributed by atoms with Crippen LogP contribution in [0.2, 0.25) is 0 Å². The van der Waals surface area contributed by atoms with Crippen LogP contribution in [0.1, 0.15) is 17.5 Å². The highest BCUT2D eigenvalue weighted by Gasteiger charge is 2.27. The maximum Gasteiger partial charge on any atom is 0.241 e. The quantitative estimate of drug-likeness (QED) is 0.842. The zero-order valence-electron chi connectivity index (χ0n) is 11.0. The molecule has 0 saturated carbocycles. The third-order valence-electron chi connectivity index (χ3n) is 3.28. The average Bonchev–Trinajstić information content (AvgIpc) is 2.79. The topological polar surface area (TPSA) is 73.2 Å². The minimum atomic E-state index is -3.51. The Morgan fingerprint density at radius 1 is 1.42 bits per heavy atom. The highest BCUT2D eigenvalue weighted by Crippen LogP contribution is 2.18. The number of nitriles is 1. The predicted molar refractivity (Wildman–Crippen MR) is 71.8 cm³/mol. The van der Waals surface area contributed by atoms with E-state index in [0.717, 1.165) is 11.1 Å². The van der Waals surface area contributed by atoms with Crippen molar-refractivity contribution in [2.24, 2.45) is 0 Å².